The summed E-state index contributed by atoms with van der Waals surface area (Å²) in [6.07, 6.45) is -2.82. The number of alkyl halides is 3. The summed E-state index contributed by atoms with van der Waals surface area (Å²) in [7, 11) is -3.18. The highest BCUT2D eigenvalue weighted by atomic mass is 35.5. The Balaban J connectivity index is 1.73. The van der Waals surface area contributed by atoms with Crippen molar-refractivity contribution in [3.63, 3.8) is 0 Å². The Morgan fingerprint density at radius 3 is 2.66 bits per heavy atom. The maximum Gasteiger partial charge on any atom is 0.417 e. The third-order valence-electron chi connectivity index (χ3n) is 4.57. The van der Waals surface area contributed by atoms with Crippen LogP contribution in [0.1, 0.15) is 17.7 Å². The van der Waals surface area contributed by atoms with Crippen LogP contribution in [0.15, 0.2) is 41.0 Å². The van der Waals surface area contributed by atoms with Crippen LogP contribution in [0.4, 0.5) is 18.9 Å². The van der Waals surface area contributed by atoms with Gasteiger partial charge >= 0.3 is 6.18 Å². The van der Waals surface area contributed by atoms with Crippen molar-refractivity contribution in [3.8, 4) is 0 Å². The Kier molecular flexibility index (Phi) is 6.25. The lowest BCUT2D eigenvalue weighted by Gasteiger charge is -2.26. The number of anilines is 1. The molecule has 2 aromatic rings. The third-order valence-corrected chi connectivity index (χ3v) is 6.65. The van der Waals surface area contributed by atoms with Gasteiger partial charge < -0.3 is 9.73 Å². The average molecular weight is 451 g/mol. The van der Waals surface area contributed by atoms with Crippen LogP contribution < -0.4 is 5.32 Å². The Bertz CT molecular complexity index is 977. The summed E-state index contributed by atoms with van der Waals surface area (Å²) in [5.41, 5.74) is -1.10. The van der Waals surface area contributed by atoms with Gasteiger partial charge in [0.15, 0.2) is 9.84 Å². The second kappa shape index (κ2) is 8.37. The van der Waals surface area contributed by atoms with Crippen molar-refractivity contribution >= 4 is 33.0 Å². The summed E-state index contributed by atoms with van der Waals surface area (Å²) in [4.78, 5) is 14.1. The molecule has 3 rings (SSSR count). The Labute approximate surface area is 170 Å². The number of sulfone groups is 1. The third kappa shape index (κ3) is 5.74. The summed E-state index contributed by atoms with van der Waals surface area (Å²) in [5, 5.41) is 1.95. The highest BCUT2D eigenvalue weighted by Crippen LogP contribution is 2.36. The van der Waals surface area contributed by atoms with E-state index in [1.165, 1.54) is 12.3 Å². The van der Waals surface area contributed by atoms with Gasteiger partial charge in [-0.3, -0.25) is 9.69 Å². The fourth-order valence-corrected chi connectivity index (χ4v) is 5.17. The molecule has 1 N–H and O–H groups in total. The van der Waals surface area contributed by atoms with E-state index in [1.807, 2.05) is 0 Å². The molecule has 0 spiro atoms. The lowest BCUT2D eigenvalue weighted by atomic mass is 10.2. The molecule has 6 nitrogen and oxygen atoms in total. The molecule has 1 aliphatic heterocycles. The molecule has 0 bridgehead atoms. The minimum absolute atomic E-state index is 0.0278. The smallest absolute Gasteiger partial charge is 0.417 e. The first kappa shape index (κ1) is 21.7. The molecule has 1 saturated heterocycles. The highest BCUT2D eigenvalue weighted by Gasteiger charge is 2.35. The Morgan fingerprint density at radius 1 is 1.31 bits per heavy atom. The van der Waals surface area contributed by atoms with E-state index < -0.39 is 32.5 Å². The number of carbonyl (C=O) groups is 1. The predicted molar refractivity (Wildman–Crippen MR) is 101 cm³/mol. The molecule has 11 heteroatoms. The van der Waals surface area contributed by atoms with Crippen LogP contribution in [0.5, 0.6) is 0 Å². The molecule has 0 aliphatic carbocycles. The van der Waals surface area contributed by atoms with Gasteiger partial charge in [-0.15, -0.1) is 0 Å². The number of nitrogens with zero attached hydrogens (tertiary/aromatic N) is 1. The van der Waals surface area contributed by atoms with Crippen molar-refractivity contribution in [2.45, 2.75) is 25.2 Å². The van der Waals surface area contributed by atoms with Crippen molar-refractivity contribution in [2.75, 3.05) is 23.4 Å². The SMILES string of the molecule is O=C(CN(Cc1ccco1)[C@@H]1CCS(=O)(=O)C1)Nc1ccc(Cl)c(C(F)(F)F)c1. The van der Waals surface area contributed by atoms with Crippen LogP contribution in [0.2, 0.25) is 5.02 Å². The summed E-state index contributed by atoms with van der Waals surface area (Å²) in [6, 6.07) is 6.08. The number of amides is 1. The van der Waals surface area contributed by atoms with Crippen molar-refractivity contribution in [3.05, 3.63) is 52.9 Å². The molecular weight excluding hydrogens is 433 g/mol. The molecule has 1 fully saturated rings. The topological polar surface area (TPSA) is 79.6 Å². The van der Waals surface area contributed by atoms with Crippen LogP contribution >= 0.6 is 11.6 Å². The summed E-state index contributed by atoms with van der Waals surface area (Å²) in [5.74, 6) is -0.0792. The summed E-state index contributed by atoms with van der Waals surface area (Å²) in [6.45, 7) is -0.000109. The van der Waals surface area contributed by atoms with Crippen molar-refractivity contribution in [1.82, 2.24) is 4.90 Å². The van der Waals surface area contributed by atoms with Crippen molar-refractivity contribution < 1.29 is 30.8 Å². The molecule has 0 saturated carbocycles. The van der Waals surface area contributed by atoms with Crippen LogP contribution in [0.3, 0.4) is 0 Å². The molecule has 1 aromatic carbocycles. The number of furan rings is 1. The van der Waals surface area contributed by atoms with E-state index in [0.29, 0.717) is 12.2 Å². The first-order valence-corrected chi connectivity index (χ1v) is 10.9. The number of hydrogen-bond donors (Lipinski definition) is 1. The fraction of sp³-hybridized carbons (Fsp3) is 0.389. The van der Waals surface area contributed by atoms with Crippen LogP contribution in [0, 0.1) is 0 Å². The first-order chi connectivity index (χ1) is 13.5. The van der Waals surface area contributed by atoms with E-state index >= 15 is 0 Å². The number of nitrogens with one attached hydrogen (secondary N) is 1. The standard InChI is InChI=1S/C18H18ClF3N2O4S/c19-16-4-3-12(8-15(16)18(20,21)22)23-17(25)10-24(9-14-2-1-6-28-14)13-5-7-29(26,27)11-13/h1-4,6,8,13H,5,7,9-11H2,(H,23,25)/t13-/m1/s1. The second-order valence-corrected chi connectivity index (χ2v) is 9.42. The highest BCUT2D eigenvalue weighted by molar-refractivity contribution is 7.91. The second-order valence-electron chi connectivity index (χ2n) is 6.78. The zero-order chi connectivity index (χ0) is 21.2. The molecular formula is C18H18ClF3N2O4S. The monoisotopic (exact) mass is 450 g/mol. The molecule has 158 valence electrons. The molecule has 1 atom stereocenters. The summed E-state index contributed by atoms with van der Waals surface area (Å²) < 4.78 is 67.9. The lowest BCUT2D eigenvalue weighted by Crippen LogP contribution is -2.41. The van der Waals surface area contributed by atoms with E-state index in [1.54, 1.807) is 17.0 Å². The van der Waals surface area contributed by atoms with E-state index in [9.17, 15) is 26.4 Å². The van der Waals surface area contributed by atoms with Crippen LogP contribution in [-0.2, 0) is 27.4 Å². The van der Waals surface area contributed by atoms with Gasteiger partial charge in [0.2, 0.25) is 5.91 Å². The van der Waals surface area contributed by atoms with Crippen LogP contribution in [0.25, 0.3) is 0 Å². The van der Waals surface area contributed by atoms with E-state index in [4.69, 9.17) is 16.0 Å². The maximum atomic E-state index is 13.0. The minimum Gasteiger partial charge on any atom is -0.468 e. The zero-order valence-electron chi connectivity index (χ0n) is 15.1. The van der Waals surface area contributed by atoms with Gasteiger partial charge in [-0.25, -0.2) is 8.42 Å². The molecule has 29 heavy (non-hydrogen) atoms. The van der Waals surface area contributed by atoms with Crippen LogP contribution in [-0.4, -0.2) is 43.3 Å². The lowest BCUT2D eigenvalue weighted by molar-refractivity contribution is -0.137. The van der Waals surface area contributed by atoms with Gasteiger partial charge in [0.05, 0.1) is 41.4 Å². The fourth-order valence-electron chi connectivity index (χ4n) is 3.19. The number of halogens is 4. The first-order valence-electron chi connectivity index (χ1n) is 8.67. The minimum atomic E-state index is -4.65. The van der Waals surface area contributed by atoms with Gasteiger partial charge in [-0.1, -0.05) is 11.6 Å². The quantitative estimate of drug-likeness (QED) is 0.727. The number of hydrogen-bond acceptors (Lipinski definition) is 5. The average Bonchev–Trinajstić information content (AvgIpc) is 3.24. The van der Waals surface area contributed by atoms with Gasteiger partial charge in [0, 0.05) is 11.7 Å². The molecule has 1 amide bonds. The Morgan fingerprint density at radius 2 is 2.07 bits per heavy atom. The molecule has 1 aliphatic rings. The number of rotatable bonds is 6. The normalized spacial score (nSPS) is 18.9. The number of carbonyl (C=O) groups excluding carboxylic acids is 1. The summed E-state index contributed by atoms with van der Waals surface area (Å²) >= 11 is 5.59. The van der Waals surface area contributed by atoms with Crippen molar-refractivity contribution in [1.29, 1.82) is 0 Å². The molecule has 2 heterocycles. The molecule has 0 radical (unpaired) electrons. The van der Waals surface area contributed by atoms with E-state index in [2.05, 4.69) is 5.32 Å². The largest absolute Gasteiger partial charge is 0.468 e. The number of benzene rings is 1. The van der Waals surface area contributed by atoms with Gasteiger partial charge in [-0.05, 0) is 36.8 Å². The van der Waals surface area contributed by atoms with Gasteiger partial charge in [0.25, 0.3) is 0 Å². The van der Waals surface area contributed by atoms with Gasteiger partial charge in [-0.2, -0.15) is 13.2 Å². The zero-order valence-corrected chi connectivity index (χ0v) is 16.6. The molecule has 1 aromatic heterocycles. The Hall–Kier alpha value is -2.04. The van der Waals surface area contributed by atoms with E-state index in [-0.39, 0.29) is 36.3 Å². The maximum absolute atomic E-state index is 13.0. The van der Waals surface area contributed by atoms with Crippen molar-refractivity contribution in [2.24, 2.45) is 0 Å². The van der Waals surface area contributed by atoms with E-state index in [0.717, 1.165) is 12.1 Å². The molecule has 0 unspecified atom stereocenters. The predicted octanol–water partition coefficient (Wildman–Crippen LogP) is 3.58. The van der Waals surface area contributed by atoms with Gasteiger partial charge in [0.1, 0.15) is 5.76 Å².